The van der Waals surface area contributed by atoms with Crippen molar-refractivity contribution in [3.05, 3.63) is 57.6 Å². The molecule has 0 heterocycles. The second-order valence-corrected chi connectivity index (χ2v) is 5.85. The van der Waals surface area contributed by atoms with Crippen molar-refractivity contribution in [3.8, 4) is 11.5 Å². The number of benzene rings is 2. The third-order valence-corrected chi connectivity index (χ3v) is 3.74. The SMILES string of the molecule is COc1cc(C(=O)OCC(=O)Nc2ccc([N+](=O)[O-])cc2C(F)(F)F)ccc1OC(F)F. The van der Waals surface area contributed by atoms with E-state index in [0.29, 0.717) is 6.07 Å². The van der Waals surface area contributed by atoms with E-state index in [0.717, 1.165) is 31.4 Å². The van der Waals surface area contributed by atoms with Crippen LogP contribution < -0.4 is 14.8 Å². The molecule has 172 valence electrons. The average molecular weight is 464 g/mol. The Morgan fingerprint density at radius 3 is 2.38 bits per heavy atom. The molecule has 0 unspecified atom stereocenters. The number of methoxy groups -OCH3 is 1. The number of nitrogens with one attached hydrogen (secondary N) is 1. The molecule has 9 nitrogen and oxygen atoms in total. The second-order valence-electron chi connectivity index (χ2n) is 5.85. The fraction of sp³-hybridized carbons (Fsp3) is 0.222. The minimum absolute atomic E-state index is 0.220. The van der Waals surface area contributed by atoms with Gasteiger partial charge in [-0.3, -0.25) is 14.9 Å². The van der Waals surface area contributed by atoms with E-state index in [-0.39, 0.29) is 23.1 Å². The summed E-state index contributed by atoms with van der Waals surface area (Å²) in [5, 5.41) is 12.5. The molecule has 0 fully saturated rings. The van der Waals surface area contributed by atoms with Gasteiger partial charge in [-0.25, -0.2) is 4.79 Å². The van der Waals surface area contributed by atoms with Gasteiger partial charge in [-0.05, 0) is 24.3 Å². The number of ether oxygens (including phenoxy) is 3. The Labute approximate surface area is 175 Å². The van der Waals surface area contributed by atoms with Crippen LogP contribution in [0.15, 0.2) is 36.4 Å². The van der Waals surface area contributed by atoms with E-state index in [1.54, 1.807) is 0 Å². The average Bonchev–Trinajstić information content (AvgIpc) is 2.71. The first-order chi connectivity index (χ1) is 14.9. The lowest BCUT2D eigenvalue weighted by molar-refractivity contribution is -0.385. The van der Waals surface area contributed by atoms with Crippen molar-refractivity contribution >= 4 is 23.3 Å². The number of nitro benzene ring substituents is 1. The van der Waals surface area contributed by atoms with E-state index >= 15 is 0 Å². The molecular formula is C18H13F5N2O7. The number of amides is 1. The highest BCUT2D eigenvalue weighted by Crippen LogP contribution is 2.37. The molecule has 2 aromatic rings. The minimum Gasteiger partial charge on any atom is -0.493 e. The number of hydrogen-bond acceptors (Lipinski definition) is 7. The van der Waals surface area contributed by atoms with Crippen LogP contribution in [-0.4, -0.2) is 37.1 Å². The third kappa shape index (κ3) is 6.26. The van der Waals surface area contributed by atoms with Crippen molar-refractivity contribution in [3.63, 3.8) is 0 Å². The molecule has 2 aromatic carbocycles. The molecule has 0 bridgehead atoms. The maximum atomic E-state index is 13.1. The summed E-state index contributed by atoms with van der Waals surface area (Å²) in [4.78, 5) is 33.6. The highest BCUT2D eigenvalue weighted by Gasteiger charge is 2.35. The van der Waals surface area contributed by atoms with Crippen molar-refractivity contribution in [2.75, 3.05) is 19.0 Å². The minimum atomic E-state index is -5.01. The van der Waals surface area contributed by atoms with Gasteiger partial charge < -0.3 is 19.5 Å². The standard InChI is InChI=1S/C18H13F5N2O7/c1-30-14-6-9(2-5-13(14)32-17(19)20)16(27)31-8-15(26)24-12-4-3-10(25(28)29)7-11(12)18(21,22)23/h2-7,17H,8H2,1H3,(H,24,26). The Morgan fingerprint density at radius 2 is 1.81 bits per heavy atom. The van der Waals surface area contributed by atoms with Gasteiger partial charge in [0.05, 0.1) is 28.8 Å². The Kier molecular flexibility index (Phi) is 7.51. The first kappa shape index (κ1) is 24.3. The Balaban J connectivity index is 2.09. The van der Waals surface area contributed by atoms with Crippen LogP contribution in [0.1, 0.15) is 15.9 Å². The maximum absolute atomic E-state index is 13.1. The van der Waals surface area contributed by atoms with Gasteiger partial charge in [0.25, 0.3) is 11.6 Å². The van der Waals surface area contributed by atoms with Crippen molar-refractivity contribution in [2.45, 2.75) is 12.8 Å². The lowest BCUT2D eigenvalue weighted by Crippen LogP contribution is -2.23. The molecule has 32 heavy (non-hydrogen) atoms. The van der Waals surface area contributed by atoms with Gasteiger partial charge in [0.15, 0.2) is 18.1 Å². The van der Waals surface area contributed by atoms with Gasteiger partial charge in [0.1, 0.15) is 0 Å². The van der Waals surface area contributed by atoms with E-state index in [2.05, 4.69) is 9.47 Å². The summed E-state index contributed by atoms with van der Waals surface area (Å²) in [6.45, 7) is -4.16. The zero-order valence-electron chi connectivity index (χ0n) is 15.9. The zero-order chi connectivity index (χ0) is 24.1. The summed E-state index contributed by atoms with van der Waals surface area (Å²) in [6, 6.07) is 4.72. The molecule has 0 aromatic heterocycles. The zero-order valence-corrected chi connectivity index (χ0v) is 15.9. The summed E-state index contributed by atoms with van der Waals surface area (Å²) in [6.07, 6.45) is -5.01. The van der Waals surface area contributed by atoms with Crippen LogP contribution in [0.3, 0.4) is 0 Å². The van der Waals surface area contributed by atoms with E-state index < -0.39 is 53.1 Å². The number of non-ortho nitro benzene ring substituents is 1. The Bertz CT molecular complexity index is 1030. The first-order valence-electron chi connectivity index (χ1n) is 8.38. The smallest absolute Gasteiger partial charge is 0.418 e. The molecule has 14 heteroatoms. The molecule has 0 saturated carbocycles. The number of nitro groups is 1. The number of anilines is 1. The van der Waals surface area contributed by atoms with Crippen molar-refractivity contribution in [1.29, 1.82) is 0 Å². The van der Waals surface area contributed by atoms with Crippen LogP contribution >= 0.6 is 0 Å². The van der Waals surface area contributed by atoms with Gasteiger partial charge in [0, 0.05) is 12.1 Å². The fourth-order valence-electron chi connectivity index (χ4n) is 2.38. The number of nitrogens with zero attached hydrogens (tertiary/aromatic N) is 1. The van der Waals surface area contributed by atoms with Crippen LogP contribution in [0.4, 0.5) is 33.3 Å². The summed E-state index contributed by atoms with van der Waals surface area (Å²) in [5.74, 6) is -2.87. The van der Waals surface area contributed by atoms with Crippen LogP contribution in [0, 0.1) is 10.1 Å². The predicted molar refractivity (Wildman–Crippen MR) is 96.6 cm³/mol. The quantitative estimate of drug-likeness (QED) is 0.271. The predicted octanol–water partition coefficient (Wildman–Crippen LogP) is 4.02. The van der Waals surface area contributed by atoms with E-state index in [9.17, 15) is 41.7 Å². The van der Waals surface area contributed by atoms with Crippen molar-refractivity contribution < 1.29 is 50.7 Å². The molecular weight excluding hydrogens is 451 g/mol. The molecule has 2 rings (SSSR count). The molecule has 1 N–H and O–H groups in total. The van der Waals surface area contributed by atoms with Crippen molar-refractivity contribution in [1.82, 2.24) is 0 Å². The molecule has 0 spiro atoms. The number of carbonyl (C=O) groups excluding carboxylic acids is 2. The molecule has 0 aliphatic rings. The number of carbonyl (C=O) groups is 2. The highest BCUT2D eigenvalue weighted by molar-refractivity contribution is 5.96. The monoisotopic (exact) mass is 464 g/mol. The molecule has 0 saturated heterocycles. The Morgan fingerprint density at radius 1 is 1.12 bits per heavy atom. The van der Waals surface area contributed by atoms with Crippen LogP contribution in [0.5, 0.6) is 11.5 Å². The van der Waals surface area contributed by atoms with Crippen molar-refractivity contribution in [2.24, 2.45) is 0 Å². The molecule has 0 radical (unpaired) electrons. The largest absolute Gasteiger partial charge is 0.493 e. The van der Waals surface area contributed by atoms with Gasteiger partial charge in [-0.2, -0.15) is 22.0 Å². The highest BCUT2D eigenvalue weighted by atomic mass is 19.4. The van der Waals surface area contributed by atoms with Gasteiger partial charge in [-0.15, -0.1) is 0 Å². The van der Waals surface area contributed by atoms with Crippen LogP contribution in [0.2, 0.25) is 0 Å². The van der Waals surface area contributed by atoms with Gasteiger partial charge in [0.2, 0.25) is 0 Å². The summed E-state index contributed by atoms with van der Waals surface area (Å²) < 4.78 is 77.7. The first-order valence-corrected chi connectivity index (χ1v) is 8.38. The molecule has 1 amide bonds. The summed E-state index contributed by atoms with van der Waals surface area (Å²) >= 11 is 0. The fourth-order valence-corrected chi connectivity index (χ4v) is 2.38. The molecule has 0 atom stereocenters. The second kappa shape index (κ2) is 9.89. The maximum Gasteiger partial charge on any atom is 0.418 e. The summed E-state index contributed by atoms with van der Waals surface area (Å²) in [5.41, 5.74) is -3.30. The Hall–Kier alpha value is -3.97. The van der Waals surface area contributed by atoms with E-state index in [1.807, 2.05) is 5.32 Å². The summed E-state index contributed by atoms with van der Waals surface area (Å²) in [7, 11) is 1.12. The van der Waals surface area contributed by atoms with Crippen LogP contribution in [0.25, 0.3) is 0 Å². The van der Waals surface area contributed by atoms with Gasteiger partial charge >= 0.3 is 18.8 Å². The van der Waals surface area contributed by atoms with E-state index in [1.165, 1.54) is 0 Å². The normalized spacial score (nSPS) is 11.1. The molecule has 0 aliphatic carbocycles. The lowest BCUT2D eigenvalue weighted by Gasteiger charge is -2.14. The van der Waals surface area contributed by atoms with Gasteiger partial charge in [-0.1, -0.05) is 0 Å². The number of alkyl halides is 5. The number of halogens is 5. The lowest BCUT2D eigenvalue weighted by atomic mass is 10.1. The van der Waals surface area contributed by atoms with E-state index in [4.69, 9.17) is 4.74 Å². The number of hydrogen-bond donors (Lipinski definition) is 1. The third-order valence-electron chi connectivity index (χ3n) is 3.74. The topological polar surface area (TPSA) is 117 Å². The number of esters is 1. The molecule has 0 aliphatic heterocycles. The number of rotatable bonds is 8. The van der Waals surface area contributed by atoms with Crippen LogP contribution in [-0.2, 0) is 15.7 Å².